The van der Waals surface area contributed by atoms with E-state index < -0.39 is 0 Å². The molecule has 4 heteroatoms. The van der Waals surface area contributed by atoms with Crippen molar-refractivity contribution < 1.29 is 24.0 Å². The minimum absolute atomic E-state index is 0. The van der Waals surface area contributed by atoms with E-state index >= 15 is 0 Å². The van der Waals surface area contributed by atoms with E-state index in [9.17, 15) is 0 Å². The molecule has 0 bridgehead atoms. The summed E-state index contributed by atoms with van der Waals surface area (Å²) in [5.74, 6) is 0.870. The smallest absolute Gasteiger partial charge is 1.00 e. The number of benzene rings is 3. The first-order valence-electron chi connectivity index (χ1n) is 10.8. The first-order chi connectivity index (χ1) is 14.5. The van der Waals surface area contributed by atoms with Crippen molar-refractivity contribution in [2.24, 2.45) is 0 Å². The van der Waals surface area contributed by atoms with Crippen molar-refractivity contribution in [2.75, 3.05) is 0 Å². The van der Waals surface area contributed by atoms with Crippen LogP contribution in [0.4, 0.5) is 0 Å². The zero-order valence-corrected chi connectivity index (χ0v) is 23.0. The van der Waals surface area contributed by atoms with Crippen LogP contribution in [0.25, 0.3) is 38.6 Å². The van der Waals surface area contributed by atoms with Crippen LogP contribution < -0.4 is 24.0 Å². The summed E-state index contributed by atoms with van der Waals surface area (Å²) in [5, 5.41) is 3.54. The Morgan fingerprint density at radius 3 is 2.22 bits per heavy atom. The summed E-state index contributed by atoms with van der Waals surface area (Å²) in [6.07, 6.45) is 2.06. The van der Waals surface area contributed by atoms with Crippen LogP contribution in [-0.2, 0) is 0 Å². The average molecular weight is 543 g/mol. The van der Waals surface area contributed by atoms with Crippen molar-refractivity contribution in [2.45, 2.75) is 46.5 Å². The summed E-state index contributed by atoms with van der Waals surface area (Å²) in [7, 11) is 0. The molecule has 0 fully saturated rings. The number of rotatable bonds is 3. The molecule has 0 unspecified atom stereocenters. The molecule has 0 aliphatic heterocycles. The topological polar surface area (TPSA) is 17.3 Å². The molecule has 2 nitrogen and oxygen atoms in total. The Morgan fingerprint density at radius 2 is 1.56 bits per heavy atom. The third kappa shape index (κ3) is 3.95. The fourth-order valence-electron chi connectivity index (χ4n) is 4.70. The van der Waals surface area contributed by atoms with Gasteiger partial charge in [0.2, 0.25) is 0 Å². The average Bonchev–Trinajstić information content (AvgIpc) is 3.18. The normalized spacial score (nSPS) is 11.3. The number of pyridine rings is 1. The minimum Gasteiger partial charge on any atom is -1.00 e. The number of halogens is 1. The molecule has 0 atom stereocenters. The second kappa shape index (κ2) is 9.70. The second-order valence-corrected chi connectivity index (χ2v) is 8.90. The number of nitrogens with zero attached hydrogens (tertiary/aromatic N) is 2. The summed E-state index contributed by atoms with van der Waals surface area (Å²) < 4.78 is 2.35. The molecule has 0 N–H and O–H groups in total. The molecule has 0 spiro atoms. The first-order valence-corrected chi connectivity index (χ1v) is 10.8. The molecule has 32 heavy (non-hydrogen) atoms. The van der Waals surface area contributed by atoms with Gasteiger partial charge in [-0.05, 0) is 41.3 Å². The van der Waals surface area contributed by atoms with Gasteiger partial charge in [-0.25, -0.2) is 0 Å². The molecule has 0 aliphatic rings. The molecule has 5 rings (SSSR count). The Morgan fingerprint density at radius 1 is 0.875 bits per heavy atom. The SMILES string of the molecule is Cc1ccc2c(c1)c1ccc[c-]c1c1ncc(-c3c(C(C)C)cccc3C(C)C)n21.[I-].[Mg+2]. The first kappa shape index (κ1) is 25.0. The van der Waals surface area contributed by atoms with Crippen molar-refractivity contribution in [3.05, 3.63) is 83.6 Å². The fraction of sp³-hybridized carbons (Fsp3) is 0.250. The van der Waals surface area contributed by atoms with Crippen LogP contribution in [0.3, 0.4) is 0 Å². The van der Waals surface area contributed by atoms with Crippen molar-refractivity contribution in [3.8, 4) is 11.3 Å². The van der Waals surface area contributed by atoms with Gasteiger partial charge in [-0.15, -0.1) is 29.7 Å². The van der Waals surface area contributed by atoms with E-state index in [0.717, 1.165) is 11.0 Å². The van der Waals surface area contributed by atoms with Gasteiger partial charge in [-0.1, -0.05) is 69.0 Å². The van der Waals surface area contributed by atoms with Crippen molar-refractivity contribution >= 4 is 50.4 Å². The largest absolute Gasteiger partial charge is 2.00 e. The Balaban J connectivity index is 0.00000144. The third-order valence-corrected chi connectivity index (χ3v) is 6.15. The van der Waals surface area contributed by atoms with E-state index in [4.69, 9.17) is 4.98 Å². The van der Waals surface area contributed by atoms with Crippen LogP contribution in [0.5, 0.6) is 0 Å². The van der Waals surface area contributed by atoms with Gasteiger partial charge < -0.3 is 28.4 Å². The van der Waals surface area contributed by atoms with Crippen molar-refractivity contribution in [3.63, 3.8) is 0 Å². The molecule has 0 aliphatic carbocycles. The monoisotopic (exact) mass is 542 g/mol. The minimum atomic E-state index is 0. The fourth-order valence-corrected chi connectivity index (χ4v) is 4.70. The van der Waals surface area contributed by atoms with E-state index in [0.29, 0.717) is 11.8 Å². The van der Waals surface area contributed by atoms with Gasteiger partial charge in [0.25, 0.3) is 0 Å². The maximum Gasteiger partial charge on any atom is 2.00 e. The van der Waals surface area contributed by atoms with Crippen LogP contribution in [0.15, 0.2) is 60.8 Å². The van der Waals surface area contributed by atoms with Gasteiger partial charge in [-0.2, -0.15) is 0 Å². The van der Waals surface area contributed by atoms with Crippen LogP contribution in [0.1, 0.15) is 56.2 Å². The van der Waals surface area contributed by atoms with Crippen LogP contribution in [0, 0.1) is 13.0 Å². The molecule has 3 aromatic carbocycles. The molecule has 0 amide bonds. The summed E-state index contributed by atoms with van der Waals surface area (Å²) in [4.78, 5) is 4.93. The van der Waals surface area contributed by atoms with Gasteiger partial charge in [-0.3, -0.25) is 4.98 Å². The number of fused-ring (bicyclic) bond motifs is 6. The number of hydrogen-bond donors (Lipinski definition) is 0. The molecule has 0 saturated carbocycles. The van der Waals surface area contributed by atoms with Crippen LogP contribution in [-0.4, -0.2) is 32.4 Å². The Bertz CT molecular complexity index is 1390. The molecular formula is C28H27IMgN2. The van der Waals surface area contributed by atoms with Crippen molar-refractivity contribution in [1.82, 2.24) is 9.38 Å². The van der Waals surface area contributed by atoms with Gasteiger partial charge in [0.05, 0.1) is 11.3 Å². The van der Waals surface area contributed by atoms with Crippen molar-refractivity contribution in [1.29, 1.82) is 0 Å². The molecule has 158 valence electrons. The summed E-state index contributed by atoms with van der Waals surface area (Å²) in [6.45, 7) is 11.3. The number of aryl methyl sites for hydroxylation is 1. The zero-order valence-electron chi connectivity index (χ0n) is 19.4. The van der Waals surface area contributed by atoms with E-state index in [1.165, 1.54) is 44.2 Å². The Labute approximate surface area is 223 Å². The number of imidazole rings is 1. The molecular weight excluding hydrogens is 516 g/mol. The maximum absolute atomic E-state index is 4.93. The quantitative estimate of drug-likeness (QED) is 0.144. The second-order valence-electron chi connectivity index (χ2n) is 8.90. The summed E-state index contributed by atoms with van der Waals surface area (Å²) >= 11 is 0. The van der Waals surface area contributed by atoms with E-state index in [2.05, 4.69) is 99.8 Å². The Kier molecular flexibility index (Phi) is 7.57. The predicted octanol–water partition coefficient (Wildman–Crippen LogP) is 4.29. The van der Waals surface area contributed by atoms with Crippen LogP contribution >= 0.6 is 0 Å². The van der Waals surface area contributed by atoms with E-state index in [-0.39, 0.29) is 47.0 Å². The third-order valence-electron chi connectivity index (χ3n) is 6.15. The van der Waals surface area contributed by atoms with E-state index in [1.807, 2.05) is 6.07 Å². The zero-order chi connectivity index (χ0) is 21.0. The predicted molar refractivity (Wildman–Crippen MR) is 133 cm³/mol. The maximum atomic E-state index is 4.93. The summed E-state index contributed by atoms with van der Waals surface area (Å²) in [5.41, 5.74) is 8.69. The molecule has 0 radical (unpaired) electrons. The van der Waals surface area contributed by atoms with Gasteiger partial charge >= 0.3 is 23.1 Å². The molecule has 2 heterocycles. The van der Waals surface area contributed by atoms with Gasteiger partial charge in [0.1, 0.15) is 0 Å². The molecule has 0 saturated heterocycles. The van der Waals surface area contributed by atoms with Gasteiger partial charge in [0.15, 0.2) is 0 Å². The number of hydrogen-bond acceptors (Lipinski definition) is 1. The Hall–Kier alpha value is -1.63. The molecule has 5 aromatic rings. The molecule has 2 aromatic heterocycles. The number of aromatic nitrogens is 2. The van der Waals surface area contributed by atoms with E-state index in [1.54, 1.807) is 0 Å². The standard InChI is InChI=1S/C28H27N2.HI.Mg/c1-17(2)20-11-8-12-21(18(3)4)27(20)26-16-29-28-23-10-7-6-9-22(23)24-15-19(5)13-14-25(24)30(26)28;;/h6-9,11-18H,1-5H3;1H;/q-1;;+2/p-1. The van der Waals surface area contributed by atoms with Gasteiger partial charge in [0, 0.05) is 17.3 Å². The van der Waals surface area contributed by atoms with Crippen LogP contribution in [0.2, 0.25) is 0 Å². The summed E-state index contributed by atoms with van der Waals surface area (Å²) in [6, 6.07) is 23.1.